The van der Waals surface area contributed by atoms with Gasteiger partial charge < -0.3 is 9.79 Å². The number of hydrogen-bond acceptors (Lipinski definition) is 1. The standard InChI is InChI=1S/C8H14FO3P/c1-3-5-6-7-8(9,4-2)13(10,11)12/h2H,3,5-7H2,1H3,(H2,10,11,12). The fourth-order valence-electron chi connectivity index (χ4n) is 0.911. The summed E-state index contributed by atoms with van der Waals surface area (Å²) in [7, 11) is -4.83. The van der Waals surface area contributed by atoms with Crippen LogP contribution in [0.5, 0.6) is 0 Å². The van der Waals surface area contributed by atoms with E-state index in [-0.39, 0.29) is 6.42 Å². The predicted octanol–water partition coefficient (Wildman–Crippen LogP) is 2.04. The normalized spacial score (nSPS) is 16.2. The predicted molar refractivity (Wildman–Crippen MR) is 48.9 cm³/mol. The second-order valence-electron chi connectivity index (χ2n) is 2.90. The monoisotopic (exact) mass is 208 g/mol. The van der Waals surface area contributed by atoms with Crippen molar-refractivity contribution in [2.75, 3.05) is 0 Å². The third-order valence-corrected chi connectivity index (χ3v) is 3.07. The largest absolute Gasteiger partial charge is 0.374 e. The van der Waals surface area contributed by atoms with Gasteiger partial charge in [-0.15, -0.1) is 6.42 Å². The van der Waals surface area contributed by atoms with E-state index in [1.54, 1.807) is 5.92 Å². The minimum absolute atomic E-state index is 0.276. The minimum Gasteiger partial charge on any atom is -0.321 e. The van der Waals surface area contributed by atoms with Gasteiger partial charge in [0, 0.05) is 6.42 Å². The summed E-state index contributed by atoms with van der Waals surface area (Å²) in [5.74, 6) is 1.55. The molecule has 0 rings (SSSR count). The second-order valence-corrected chi connectivity index (χ2v) is 4.70. The summed E-state index contributed by atoms with van der Waals surface area (Å²) in [4.78, 5) is 17.3. The Hall–Kier alpha value is -0.360. The van der Waals surface area contributed by atoms with Crippen LogP contribution in [0.25, 0.3) is 0 Å². The molecule has 0 radical (unpaired) electrons. The maximum atomic E-state index is 13.4. The Balaban J connectivity index is 4.33. The van der Waals surface area contributed by atoms with Crippen LogP contribution in [0, 0.1) is 12.3 Å². The molecule has 0 heterocycles. The molecule has 0 saturated carbocycles. The minimum atomic E-state index is -4.83. The lowest BCUT2D eigenvalue weighted by Gasteiger charge is -2.19. The lowest BCUT2D eigenvalue weighted by Crippen LogP contribution is -2.20. The summed E-state index contributed by atoms with van der Waals surface area (Å²) in [6, 6.07) is 0. The van der Waals surface area contributed by atoms with Crippen LogP contribution >= 0.6 is 7.60 Å². The molecule has 0 saturated heterocycles. The molecule has 0 fully saturated rings. The number of hydrogen-bond donors (Lipinski definition) is 2. The van der Waals surface area contributed by atoms with E-state index in [2.05, 4.69) is 0 Å². The molecule has 0 aromatic carbocycles. The summed E-state index contributed by atoms with van der Waals surface area (Å²) in [6.07, 6.45) is 6.44. The molecule has 0 bridgehead atoms. The number of alkyl halides is 1. The Morgan fingerprint density at radius 2 is 2.08 bits per heavy atom. The molecule has 5 heteroatoms. The quantitative estimate of drug-likeness (QED) is 0.413. The summed E-state index contributed by atoms with van der Waals surface area (Å²) in [5.41, 5.74) is 0. The van der Waals surface area contributed by atoms with Crippen molar-refractivity contribution < 1.29 is 18.7 Å². The fraction of sp³-hybridized carbons (Fsp3) is 0.750. The highest BCUT2D eigenvalue weighted by Crippen LogP contribution is 2.53. The Kier molecular flexibility index (Phi) is 4.63. The van der Waals surface area contributed by atoms with Crippen molar-refractivity contribution in [2.24, 2.45) is 0 Å². The zero-order valence-corrected chi connectivity index (χ0v) is 8.43. The first kappa shape index (κ1) is 12.6. The first-order chi connectivity index (χ1) is 5.87. The highest BCUT2D eigenvalue weighted by atomic mass is 31.2. The molecular weight excluding hydrogens is 194 g/mol. The molecule has 3 nitrogen and oxygen atoms in total. The Labute approximate surface area is 77.5 Å². The average molecular weight is 208 g/mol. The van der Waals surface area contributed by atoms with E-state index in [4.69, 9.17) is 16.2 Å². The van der Waals surface area contributed by atoms with Crippen LogP contribution in [0.15, 0.2) is 0 Å². The summed E-state index contributed by atoms with van der Waals surface area (Å²) >= 11 is 0. The molecule has 0 amide bonds. The van der Waals surface area contributed by atoms with Crippen LogP contribution < -0.4 is 0 Å². The molecule has 0 aromatic rings. The first-order valence-electron chi connectivity index (χ1n) is 4.09. The van der Waals surface area contributed by atoms with Gasteiger partial charge in [-0.25, -0.2) is 4.39 Å². The van der Waals surface area contributed by atoms with Crippen LogP contribution in [0.2, 0.25) is 0 Å². The number of halogens is 1. The molecule has 0 aliphatic rings. The van der Waals surface area contributed by atoms with Gasteiger partial charge in [0.25, 0.3) is 5.41 Å². The molecule has 13 heavy (non-hydrogen) atoms. The lowest BCUT2D eigenvalue weighted by molar-refractivity contribution is 0.239. The van der Waals surface area contributed by atoms with Crippen molar-refractivity contribution in [3.8, 4) is 12.3 Å². The van der Waals surface area contributed by atoms with Crippen LogP contribution in [0.3, 0.4) is 0 Å². The first-order valence-corrected chi connectivity index (χ1v) is 5.71. The van der Waals surface area contributed by atoms with Gasteiger partial charge in [-0.2, -0.15) is 0 Å². The number of rotatable bonds is 5. The van der Waals surface area contributed by atoms with E-state index in [1.165, 1.54) is 0 Å². The molecule has 0 aliphatic carbocycles. The van der Waals surface area contributed by atoms with Crippen LogP contribution in [-0.4, -0.2) is 15.2 Å². The van der Waals surface area contributed by atoms with Gasteiger partial charge in [-0.1, -0.05) is 25.7 Å². The Bertz CT molecular complexity index is 242. The van der Waals surface area contributed by atoms with Gasteiger partial charge in [0.1, 0.15) is 0 Å². The smallest absolute Gasteiger partial charge is 0.321 e. The lowest BCUT2D eigenvalue weighted by atomic mass is 10.1. The summed E-state index contributed by atoms with van der Waals surface area (Å²) in [5, 5.41) is -2.78. The molecule has 1 atom stereocenters. The highest BCUT2D eigenvalue weighted by molar-refractivity contribution is 7.53. The van der Waals surface area contributed by atoms with E-state index in [0.29, 0.717) is 12.8 Å². The zero-order valence-electron chi connectivity index (χ0n) is 7.53. The summed E-state index contributed by atoms with van der Waals surface area (Å²) in [6.45, 7) is 1.91. The van der Waals surface area contributed by atoms with Crippen molar-refractivity contribution in [2.45, 2.75) is 38.0 Å². The molecule has 1 unspecified atom stereocenters. The van der Waals surface area contributed by atoms with E-state index in [9.17, 15) is 8.96 Å². The molecule has 76 valence electrons. The van der Waals surface area contributed by atoms with Gasteiger partial charge in [0.15, 0.2) is 0 Å². The third-order valence-electron chi connectivity index (χ3n) is 1.79. The van der Waals surface area contributed by atoms with Crippen LogP contribution in [0.4, 0.5) is 4.39 Å². The van der Waals surface area contributed by atoms with E-state index in [0.717, 1.165) is 6.42 Å². The van der Waals surface area contributed by atoms with E-state index < -0.39 is 13.0 Å². The topological polar surface area (TPSA) is 57.5 Å². The van der Waals surface area contributed by atoms with Gasteiger partial charge >= 0.3 is 7.60 Å². The molecule has 0 aromatic heterocycles. The van der Waals surface area contributed by atoms with Crippen molar-refractivity contribution >= 4 is 7.60 Å². The van der Waals surface area contributed by atoms with Crippen molar-refractivity contribution in [1.82, 2.24) is 0 Å². The van der Waals surface area contributed by atoms with E-state index >= 15 is 0 Å². The molecule has 0 aliphatic heterocycles. The Morgan fingerprint density at radius 1 is 1.54 bits per heavy atom. The molecular formula is C8H14FO3P. The maximum absolute atomic E-state index is 13.4. The van der Waals surface area contributed by atoms with E-state index in [1.807, 2.05) is 6.92 Å². The molecule has 0 spiro atoms. The van der Waals surface area contributed by atoms with Crippen molar-refractivity contribution in [3.63, 3.8) is 0 Å². The van der Waals surface area contributed by atoms with Crippen LogP contribution in [-0.2, 0) is 4.57 Å². The maximum Gasteiger partial charge on any atom is 0.374 e. The Morgan fingerprint density at radius 3 is 2.38 bits per heavy atom. The summed E-state index contributed by atoms with van der Waals surface area (Å²) < 4.78 is 24.0. The number of unbranched alkanes of at least 4 members (excludes halogenated alkanes) is 2. The van der Waals surface area contributed by atoms with Gasteiger partial charge in [-0.3, -0.25) is 4.57 Å². The van der Waals surface area contributed by atoms with Crippen molar-refractivity contribution in [3.05, 3.63) is 0 Å². The van der Waals surface area contributed by atoms with Gasteiger partial charge in [0.2, 0.25) is 0 Å². The highest BCUT2D eigenvalue weighted by Gasteiger charge is 2.45. The van der Waals surface area contributed by atoms with Gasteiger partial charge in [0.05, 0.1) is 0 Å². The second kappa shape index (κ2) is 4.76. The third kappa shape index (κ3) is 3.48. The number of terminal acetylenes is 1. The SMILES string of the molecule is C#CC(F)(CCCCC)P(=O)(O)O. The van der Waals surface area contributed by atoms with Crippen LogP contribution in [0.1, 0.15) is 32.6 Å². The average Bonchev–Trinajstić information content (AvgIpc) is 2.02. The molecule has 2 N–H and O–H groups in total. The van der Waals surface area contributed by atoms with Gasteiger partial charge in [-0.05, 0) is 6.42 Å². The zero-order chi connectivity index (χ0) is 10.5. The van der Waals surface area contributed by atoms with Crippen molar-refractivity contribution in [1.29, 1.82) is 0 Å². The fourth-order valence-corrected chi connectivity index (χ4v) is 1.53.